The number of nitriles is 1. The minimum absolute atomic E-state index is 0.362. The van der Waals surface area contributed by atoms with Gasteiger partial charge in [-0.1, -0.05) is 0 Å². The van der Waals surface area contributed by atoms with Gasteiger partial charge in [-0.3, -0.25) is 0 Å². The summed E-state index contributed by atoms with van der Waals surface area (Å²) in [5.41, 5.74) is 6.00. The molecular formula is C12H17N5. The molecule has 0 aliphatic carbocycles. The van der Waals surface area contributed by atoms with Crippen LogP contribution in [-0.2, 0) is 0 Å². The molecule has 1 atom stereocenters. The Kier molecular flexibility index (Phi) is 3.89. The Morgan fingerprint density at radius 1 is 1.41 bits per heavy atom. The highest BCUT2D eigenvalue weighted by atomic mass is 15.2. The Morgan fingerprint density at radius 3 is 2.94 bits per heavy atom. The van der Waals surface area contributed by atoms with E-state index < -0.39 is 0 Å². The SMILES string of the molecule is N#Cc1cnc(N2CCCCC2CCN)cn1. The van der Waals surface area contributed by atoms with E-state index in [0.717, 1.165) is 18.8 Å². The standard InChI is InChI=1S/C12H17N5/c13-5-4-11-3-1-2-6-17(11)12-9-15-10(7-14)8-16-12/h8-9,11H,1-6,13H2. The molecule has 1 aliphatic heterocycles. The fourth-order valence-electron chi connectivity index (χ4n) is 2.32. The third-order valence-electron chi connectivity index (χ3n) is 3.17. The summed E-state index contributed by atoms with van der Waals surface area (Å²) < 4.78 is 0. The highest BCUT2D eigenvalue weighted by Crippen LogP contribution is 2.24. The van der Waals surface area contributed by atoms with Gasteiger partial charge < -0.3 is 10.6 Å². The lowest BCUT2D eigenvalue weighted by Crippen LogP contribution is -2.41. The number of rotatable bonds is 3. The highest BCUT2D eigenvalue weighted by Gasteiger charge is 2.22. The molecule has 0 radical (unpaired) electrons. The second kappa shape index (κ2) is 5.60. The van der Waals surface area contributed by atoms with Crippen LogP contribution in [0.4, 0.5) is 5.82 Å². The minimum atomic E-state index is 0.362. The lowest BCUT2D eigenvalue weighted by molar-refractivity contribution is 0.438. The fourth-order valence-corrected chi connectivity index (χ4v) is 2.32. The first-order valence-corrected chi connectivity index (χ1v) is 6.04. The lowest BCUT2D eigenvalue weighted by Gasteiger charge is -2.36. The van der Waals surface area contributed by atoms with E-state index in [4.69, 9.17) is 11.0 Å². The number of piperidine rings is 1. The molecule has 17 heavy (non-hydrogen) atoms. The maximum Gasteiger partial charge on any atom is 0.158 e. The molecule has 1 aromatic rings. The predicted octanol–water partition coefficient (Wildman–Crippen LogP) is 1.06. The molecule has 1 aliphatic rings. The van der Waals surface area contributed by atoms with Gasteiger partial charge in [-0.05, 0) is 32.2 Å². The van der Waals surface area contributed by atoms with E-state index in [1.165, 1.54) is 25.5 Å². The van der Waals surface area contributed by atoms with Crippen molar-refractivity contribution in [3.05, 3.63) is 18.1 Å². The van der Waals surface area contributed by atoms with Gasteiger partial charge in [0.2, 0.25) is 0 Å². The number of hydrogen-bond donors (Lipinski definition) is 1. The van der Waals surface area contributed by atoms with Crippen LogP contribution in [0.25, 0.3) is 0 Å². The van der Waals surface area contributed by atoms with E-state index in [9.17, 15) is 0 Å². The largest absolute Gasteiger partial charge is 0.352 e. The molecule has 5 heteroatoms. The van der Waals surface area contributed by atoms with Gasteiger partial charge in [-0.25, -0.2) is 9.97 Å². The Bertz CT molecular complexity index is 392. The van der Waals surface area contributed by atoms with Crippen LogP contribution >= 0.6 is 0 Å². The van der Waals surface area contributed by atoms with Crippen molar-refractivity contribution in [2.75, 3.05) is 18.0 Å². The van der Waals surface area contributed by atoms with Crippen molar-refractivity contribution >= 4 is 5.82 Å². The van der Waals surface area contributed by atoms with Crippen molar-refractivity contribution < 1.29 is 0 Å². The number of aromatic nitrogens is 2. The summed E-state index contributed by atoms with van der Waals surface area (Å²) in [6.07, 6.45) is 7.81. The van der Waals surface area contributed by atoms with Crippen molar-refractivity contribution in [3.63, 3.8) is 0 Å². The van der Waals surface area contributed by atoms with Gasteiger partial charge in [0.15, 0.2) is 5.69 Å². The average Bonchev–Trinajstić information content (AvgIpc) is 2.40. The van der Waals surface area contributed by atoms with Gasteiger partial charge in [-0.2, -0.15) is 5.26 Å². The molecule has 2 N–H and O–H groups in total. The van der Waals surface area contributed by atoms with Gasteiger partial charge in [-0.15, -0.1) is 0 Å². The van der Waals surface area contributed by atoms with Crippen LogP contribution in [0.3, 0.4) is 0 Å². The molecule has 0 amide bonds. The van der Waals surface area contributed by atoms with Gasteiger partial charge in [0.05, 0.1) is 12.4 Å². The Morgan fingerprint density at radius 2 is 2.29 bits per heavy atom. The molecule has 0 bridgehead atoms. The zero-order valence-corrected chi connectivity index (χ0v) is 9.84. The molecule has 1 unspecified atom stereocenters. The number of anilines is 1. The van der Waals surface area contributed by atoms with Crippen LogP contribution in [0.5, 0.6) is 0 Å². The lowest BCUT2D eigenvalue weighted by atomic mass is 9.99. The first-order chi connectivity index (χ1) is 8.35. The molecule has 0 spiro atoms. The minimum Gasteiger partial charge on any atom is -0.352 e. The topological polar surface area (TPSA) is 78.8 Å². The van der Waals surface area contributed by atoms with Crippen LogP contribution in [0.1, 0.15) is 31.4 Å². The van der Waals surface area contributed by atoms with E-state index in [2.05, 4.69) is 14.9 Å². The predicted molar refractivity (Wildman–Crippen MR) is 65.4 cm³/mol. The molecule has 1 aromatic heterocycles. The van der Waals surface area contributed by atoms with E-state index >= 15 is 0 Å². The van der Waals surface area contributed by atoms with Crippen LogP contribution in [0, 0.1) is 11.3 Å². The number of nitrogens with two attached hydrogens (primary N) is 1. The highest BCUT2D eigenvalue weighted by molar-refractivity contribution is 5.39. The van der Waals surface area contributed by atoms with Gasteiger partial charge >= 0.3 is 0 Å². The van der Waals surface area contributed by atoms with Crippen LogP contribution < -0.4 is 10.6 Å². The molecule has 1 fully saturated rings. The summed E-state index contributed by atoms with van der Waals surface area (Å²) in [5.74, 6) is 0.863. The molecule has 5 nitrogen and oxygen atoms in total. The van der Waals surface area contributed by atoms with Gasteiger partial charge in [0.1, 0.15) is 11.9 Å². The fraction of sp³-hybridized carbons (Fsp3) is 0.583. The van der Waals surface area contributed by atoms with E-state index in [1.807, 2.05) is 6.07 Å². The summed E-state index contributed by atoms with van der Waals surface area (Å²) in [5, 5.41) is 8.69. The normalized spacial score (nSPS) is 20.0. The van der Waals surface area contributed by atoms with Gasteiger partial charge in [0, 0.05) is 12.6 Å². The van der Waals surface area contributed by atoms with Gasteiger partial charge in [0.25, 0.3) is 0 Å². The summed E-state index contributed by atoms with van der Waals surface area (Å²) in [6.45, 7) is 1.70. The molecular weight excluding hydrogens is 214 g/mol. The summed E-state index contributed by atoms with van der Waals surface area (Å²) in [7, 11) is 0. The zero-order chi connectivity index (χ0) is 12.1. The van der Waals surface area contributed by atoms with Crippen molar-refractivity contribution in [1.82, 2.24) is 9.97 Å². The van der Waals surface area contributed by atoms with E-state index in [-0.39, 0.29) is 0 Å². The Labute approximate surface area is 101 Å². The maximum absolute atomic E-state index is 8.69. The van der Waals surface area contributed by atoms with Crippen LogP contribution in [0.2, 0.25) is 0 Å². The second-order valence-electron chi connectivity index (χ2n) is 4.29. The average molecular weight is 231 g/mol. The monoisotopic (exact) mass is 231 g/mol. The Balaban J connectivity index is 2.14. The first kappa shape index (κ1) is 11.8. The van der Waals surface area contributed by atoms with Crippen LogP contribution in [-0.4, -0.2) is 29.1 Å². The maximum atomic E-state index is 8.69. The van der Waals surface area contributed by atoms with E-state index in [0.29, 0.717) is 18.3 Å². The number of hydrogen-bond acceptors (Lipinski definition) is 5. The molecule has 2 rings (SSSR count). The van der Waals surface area contributed by atoms with Crippen molar-refractivity contribution in [2.45, 2.75) is 31.7 Å². The molecule has 1 saturated heterocycles. The Hall–Kier alpha value is -1.67. The van der Waals surface area contributed by atoms with Crippen LogP contribution in [0.15, 0.2) is 12.4 Å². The molecule has 2 heterocycles. The number of nitrogens with zero attached hydrogens (tertiary/aromatic N) is 4. The third-order valence-corrected chi connectivity index (χ3v) is 3.17. The quantitative estimate of drug-likeness (QED) is 0.841. The third kappa shape index (κ3) is 2.71. The van der Waals surface area contributed by atoms with E-state index in [1.54, 1.807) is 6.20 Å². The molecule has 90 valence electrons. The summed E-state index contributed by atoms with van der Waals surface area (Å²) in [4.78, 5) is 10.6. The van der Waals surface area contributed by atoms with Crippen molar-refractivity contribution in [2.24, 2.45) is 5.73 Å². The molecule has 0 saturated carbocycles. The second-order valence-corrected chi connectivity index (χ2v) is 4.29. The first-order valence-electron chi connectivity index (χ1n) is 6.04. The zero-order valence-electron chi connectivity index (χ0n) is 9.84. The summed E-state index contributed by atoms with van der Waals surface area (Å²) >= 11 is 0. The smallest absolute Gasteiger partial charge is 0.158 e. The van der Waals surface area contributed by atoms with Crippen molar-refractivity contribution in [1.29, 1.82) is 5.26 Å². The van der Waals surface area contributed by atoms with Crippen molar-refractivity contribution in [3.8, 4) is 6.07 Å². The molecule has 0 aromatic carbocycles. The summed E-state index contributed by atoms with van der Waals surface area (Å²) in [6, 6.07) is 2.45.